The van der Waals surface area contributed by atoms with Gasteiger partial charge in [-0.15, -0.1) is 0 Å². The Morgan fingerprint density at radius 3 is 2.08 bits per heavy atom. The molecule has 0 radical (unpaired) electrons. The fraction of sp³-hybridized carbons (Fsp3) is 0.833. The summed E-state index contributed by atoms with van der Waals surface area (Å²) in [5.41, 5.74) is 0. The molecule has 1 heterocycles. The minimum atomic E-state index is -3.38. The van der Waals surface area contributed by atoms with Crippen LogP contribution in [0.1, 0.15) is 0 Å². The number of rotatable bonds is 2. The molecular formula is C6H11NO4S. The van der Waals surface area contributed by atoms with Crippen molar-refractivity contribution in [2.45, 2.75) is 4.75 Å². The number of hydrogen-bond donors (Lipinski definition) is 1. The lowest BCUT2D eigenvalue weighted by atomic mass is 10.0. The predicted molar refractivity (Wildman–Crippen MR) is 42.5 cm³/mol. The molecule has 6 heteroatoms. The van der Waals surface area contributed by atoms with Crippen molar-refractivity contribution in [3.63, 3.8) is 0 Å². The molecule has 0 aromatic rings. The second kappa shape index (κ2) is 2.70. The van der Waals surface area contributed by atoms with Crippen LogP contribution in [0.25, 0.3) is 0 Å². The molecule has 0 aromatic heterocycles. The van der Waals surface area contributed by atoms with Crippen molar-refractivity contribution in [1.82, 2.24) is 5.32 Å². The van der Waals surface area contributed by atoms with Gasteiger partial charge < -0.3 is 10.1 Å². The van der Waals surface area contributed by atoms with Crippen LogP contribution in [0.4, 0.5) is 0 Å². The van der Waals surface area contributed by atoms with Crippen LogP contribution in [-0.2, 0) is 19.4 Å². The van der Waals surface area contributed by atoms with E-state index in [0.29, 0.717) is 0 Å². The van der Waals surface area contributed by atoms with Crippen LogP contribution in [0.5, 0.6) is 0 Å². The molecule has 1 aliphatic rings. The first-order chi connectivity index (χ1) is 5.44. The molecule has 1 rings (SSSR count). The molecule has 0 saturated carbocycles. The Labute approximate surface area is 71.0 Å². The van der Waals surface area contributed by atoms with Crippen LogP contribution in [0.2, 0.25) is 0 Å². The van der Waals surface area contributed by atoms with Crippen LogP contribution >= 0.6 is 0 Å². The van der Waals surface area contributed by atoms with Crippen LogP contribution < -0.4 is 5.32 Å². The Kier molecular flexibility index (Phi) is 2.13. The zero-order chi connectivity index (χ0) is 9.41. The summed E-state index contributed by atoms with van der Waals surface area (Å²) in [5, 5.41) is 2.74. The lowest BCUT2D eigenvalue weighted by molar-refractivity contribution is -0.145. The minimum absolute atomic E-state index is 0.151. The molecule has 0 amide bonds. The fourth-order valence-electron chi connectivity index (χ4n) is 1.10. The van der Waals surface area contributed by atoms with Crippen molar-refractivity contribution in [3.8, 4) is 0 Å². The molecule has 0 unspecified atom stereocenters. The van der Waals surface area contributed by atoms with E-state index in [-0.39, 0.29) is 13.1 Å². The molecule has 0 aromatic carbocycles. The van der Waals surface area contributed by atoms with Gasteiger partial charge in [0.2, 0.25) is 0 Å². The van der Waals surface area contributed by atoms with Crippen LogP contribution in [-0.4, -0.2) is 45.6 Å². The Morgan fingerprint density at radius 2 is 2.00 bits per heavy atom. The van der Waals surface area contributed by atoms with E-state index >= 15 is 0 Å². The van der Waals surface area contributed by atoms with E-state index in [1.54, 1.807) is 0 Å². The third-order valence-corrected chi connectivity index (χ3v) is 3.96. The molecule has 0 atom stereocenters. The predicted octanol–water partition coefficient (Wildman–Crippen LogP) is -1.45. The van der Waals surface area contributed by atoms with Crippen molar-refractivity contribution in [1.29, 1.82) is 0 Å². The van der Waals surface area contributed by atoms with E-state index in [9.17, 15) is 13.2 Å². The van der Waals surface area contributed by atoms with Gasteiger partial charge in [0.1, 0.15) is 0 Å². The number of ether oxygens (including phenoxy) is 1. The molecular weight excluding hydrogens is 182 g/mol. The van der Waals surface area contributed by atoms with Gasteiger partial charge in [-0.05, 0) is 0 Å². The number of hydrogen-bond acceptors (Lipinski definition) is 5. The molecule has 0 spiro atoms. The summed E-state index contributed by atoms with van der Waals surface area (Å²) < 4.78 is 25.5. The van der Waals surface area contributed by atoms with Gasteiger partial charge in [-0.25, -0.2) is 8.42 Å². The normalized spacial score (nSPS) is 21.2. The maximum Gasteiger partial charge on any atom is 0.329 e. The summed E-state index contributed by atoms with van der Waals surface area (Å²) >= 11 is 0. The summed E-state index contributed by atoms with van der Waals surface area (Å²) in [7, 11) is -2.19. The van der Waals surface area contributed by atoms with Gasteiger partial charge in [0.25, 0.3) is 0 Å². The Bertz CT molecular complexity index is 291. The average Bonchev–Trinajstić information content (AvgIpc) is 1.81. The van der Waals surface area contributed by atoms with Crippen molar-refractivity contribution in [2.75, 3.05) is 26.5 Å². The highest BCUT2D eigenvalue weighted by atomic mass is 32.2. The summed E-state index contributed by atoms with van der Waals surface area (Å²) in [6.45, 7) is 0.303. The molecule has 12 heavy (non-hydrogen) atoms. The summed E-state index contributed by atoms with van der Waals surface area (Å²) in [6, 6.07) is 0. The van der Waals surface area contributed by atoms with Gasteiger partial charge in [0.05, 0.1) is 7.11 Å². The van der Waals surface area contributed by atoms with Gasteiger partial charge >= 0.3 is 5.97 Å². The Balaban J connectivity index is 3.00. The summed E-state index contributed by atoms with van der Waals surface area (Å²) in [6.07, 6.45) is 1.05. The topological polar surface area (TPSA) is 72.5 Å². The van der Waals surface area contributed by atoms with Crippen LogP contribution in [0, 0.1) is 0 Å². The van der Waals surface area contributed by atoms with Crippen molar-refractivity contribution in [3.05, 3.63) is 0 Å². The smallest absolute Gasteiger partial charge is 0.329 e. The van der Waals surface area contributed by atoms with Crippen molar-refractivity contribution < 1.29 is 17.9 Å². The Morgan fingerprint density at radius 1 is 1.50 bits per heavy atom. The lowest BCUT2D eigenvalue weighted by Crippen LogP contribution is -2.68. The Hall–Kier alpha value is -0.620. The number of carbonyl (C=O) groups is 1. The van der Waals surface area contributed by atoms with Crippen molar-refractivity contribution >= 4 is 15.8 Å². The van der Waals surface area contributed by atoms with Gasteiger partial charge in [-0.2, -0.15) is 0 Å². The molecule has 1 N–H and O–H groups in total. The molecule has 0 aliphatic carbocycles. The average molecular weight is 193 g/mol. The highest BCUT2D eigenvalue weighted by Gasteiger charge is 2.54. The van der Waals surface area contributed by atoms with Gasteiger partial charge in [0.15, 0.2) is 14.6 Å². The highest BCUT2D eigenvalue weighted by Crippen LogP contribution is 2.22. The zero-order valence-corrected chi connectivity index (χ0v) is 7.77. The number of methoxy groups -OCH3 is 1. The third kappa shape index (κ3) is 1.11. The molecule has 1 aliphatic heterocycles. The molecule has 5 nitrogen and oxygen atoms in total. The van der Waals surface area contributed by atoms with Gasteiger partial charge in [0, 0.05) is 19.3 Å². The molecule has 1 saturated heterocycles. The number of esters is 1. The van der Waals surface area contributed by atoms with Crippen molar-refractivity contribution in [2.24, 2.45) is 0 Å². The first-order valence-electron chi connectivity index (χ1n) is 3.43. The molecule has 0 bridgehead atoms. The van der Waals surface area contributed by atoms with E-state index in [0.717, 1.165) is 6.26 Å². The molecule has 1 fully saturated rings. The maximum absolute atomic E-state index is 11.2. The highest BCUT2D eigenvalue weighted by molar-refractivity contribution is 7.93. The van der Waals surface area contributed by atoms with Gasteiger partial charge in [-0.3, -0.25) is 4.79 Å². The monoisotopic (exact) mass is 193 g/mol. The van der Waals surface area contributed by atoms with Crippen LogP contribution in [0.3, 0.4) is 0 Å². The van der Waals surface area contributed by atoms with E-state index in [2.05, 4.69) is 10.1 Å². The maximum atomic E-state index is 11.2. The van der Waals surface area contributed by atoms with E-state index in [4.69, 9.17) is 0 Å². The zero-order valence-electron chi connectivity index (χ0n) is 6.96. The van der Waals surface area contributed by atoms with E-state index in [1.807, 2.05) is 0 Å². The third-order valence-electron chi connectivity index (χ3n) is 2.09. The number of carbonyl (C=O) groups excluding carboxylic acids is 1. The summed E-state index contributed by atoms with van der Waals surface area (Å²) in [5.74, 6) is -0.677. The van der Waals surface area contributed by atoms with E-state index in [1.165, 1.54) is 7.11 Å². The van der Waals surface area contributed by atoms with E-state index < -0.39 is 20.6 Å². The van der Waals surface area contributed by atoms with Crippen LogP contribution in [0.15, 0.2) is 0 Å². The fourth-order valence-corrected chi connectivity index (χ4v) is 2.21. The minimum Gasteiger partial charge on any atom is -0.468 e. The SMILES string of the molecule is COC(=O)C1(S(C)(=O)=O)CNC1. The molecule has 70 valence electrons. The number of sulfone groups is 1. The quantitative estimate of drug-likeness (QED) is 0.543. The first kappa shape index (κ1) is 9.47. The summed E-state index contributed by atoms with van der Waals surface area (Å²) in [4.78, 5) is 11.1. The lowest BCUT2D eigenvalue weighted by Gasteiger charge is -2.37. The number of nitrogens with one attached hydrogen (secondary N) is 1. The standard InChI is InChI=1S/C6H11NO4S/c1-11-5(8)6(3-7-4-6)12(2,9)10/h7H,3-4H2,1-2H3. The largest absolute Gasteiger partial charge is 0.468 e. The first-order valence-corrected chi connectivity index (χ1v) is 5.32. The second-order valence-corrected chi connectivity index (χ2v) is 5.19. The van der Waals surface area contributed by atoms with Gasteiger partial charge in [-0.1, -0.05) is 0 Å². The second-order valence-electron chi connectivity index (χ2n) is 2.86.